The molecule has 0 spiro atoms. The van der Waals surface area contributed by atoms with Gasteiger partial charge in [0.15, 0.2) is 0 Å². The molecule has 0 radical (unpaired) electrons. The van der Waals surface area contributed by atoms with Gasteiger partial charge in [-0.25, -0.2) is 0 Å². The van der Waals surface area contributed by atoms with Crippen molar-refractivity contribution in [1.29, 1.82) is 5.26 Å². The normalized spacial score (nSPS) is 10.7. The van der Waals surface area contributed by atoms with Gasteiger partial charge in [0.2, 0.25) is 0 Å². The lowest BCUT2D eigenvalue weighted by Crippen LogP contribution is -2.24. The van der Waals surface area contributed by atoms with Gasteiger partial charge < -0.3 is 15.3 Å². The molecule has 0 unspecified atom stereocenters. The van der Waals surface area contributed by atoms with Gasteiger partial charge in [-0.3, -0.25) is 14.9 Å². The number of aliphatic hydroxyl groups excluding tert-OH is 1. The summed E-state index contributed by atoms with van der Waals surface area (Å²) in [4.78, 5) is 24.5. The molecule has 0 bridgehead atoms. The largest absolute Gasteiger partial charge is 0.395 e. The number of carbonyl (C=O) groups excluding carboxylic acids is 1. The number of nitro benzene ring substituents is 1. The first-order chi connectivity index (χ1) is 13.0. The van der Waals surface area contributed by atoms with E-state index < -0.39 is 10.8 Å². The molecule has 2 aromatic rings. The van der Waals surface area contributed by atoms with Crippen LogP contribution in [0.5, 0.6) is 0 Å². The number of aliphatic hydroxyl groups is 1. The molecular weight excluding hydrogens is 348 g/mol. The first-order valence-corrected chi connectivity index (χ1v) is 8.10. The Morgan fingerprint density at radius 1 is 1.22 bits per heavy atom. The Morgan fingerprint density at radius 2 is 1.89 bits per heavy atom. The number of nitriles is 1. The summed E-state index contributed by atoms with van der Waals surface area (Å²) >= 11 is 0. The Balaban J connectivity index is 2.21. The number of rotatable bonds is 8. The highest BCUT2D eigenvalue weighted by molar-refractivity contribution is 6.07. The lowest BCUT2D eigenvalue weighted by molar-refractivity contribution is -0.383. The highest BCUT2D eigenvalue weighted by atomic mass is 16.6. The molecule has 0 aliphatic carbocycles. The van der Waals surface area contributed by atoms with Crippen LogP contribution in [0.3, 0.4) is 0 Å². The number of hydrogen-bond acceptors (Lipinski definition) is 6. The van der Waals surface area contributed by atoms with Crippen LogP contribution in [-0.2, 0) is 11.3 Å². The zero-order chi connectivity index (χ0) is 19.6. The Morgan fingerprint density at radius 3 is 2.52 bits per heavy atom. The quantitative estimate of drug-likeness (QED) is 0.320. The molecule has 0 saturated heterocycles. The van der Waals surface area contributed by atoms with Crippen molar-refractivity contribution in [2.75, 3.05) is 18.5 Å². The van der Waals surface area contributed by atoms with Crippen molar-refractivity contribution in [2.24, 2.45) is 0 Å². The Bertz CT molecular complexity index is 875. The zero-order valence-corrected chi connectivity index (χ0v) is 14.4. The number of carbonyl (C=O) groups is 1. The van der Waals surface area contributed by atoms with Gasteiger partial charge >= 0.3 is 0 Å². The minimum atomic E-state index is -0.761. The van der Waals surface area contributed by atoms with Crippen LogP contribution in [0.15, 0.2) is 66.4 Å². The van der Waals surface area contributed by atoms with Crippen LogP contribution in [0.4, 0.5) is 11.4 Å². The van der Waals surface area contributed by atoms with Gasteiger partial charge in [-0.15, -0.1) is 0 Å². The minimum Gasteiger partial charge on any atom is -0.395 e. The van der Waals surface area contributed by atoms with E-state index in [4.69, 9.17) is 0 Å². The maximum Gasteiger partial charge on any atom is 0.292 e. The van der Waals surface area contributed by atoms with Crippen molar-refractivity contribution in [3.63, 3.8) is 0 Å². The second-order valence-corrected chi connectivity index (χ2v) is 5.56. The third kappa shape index (κ3) is 5.66. The van der Waals surface area contributed by atoms with Gasteiger partial charge in [-0.05, 0) is 11.6 Å². The molecule has 138 valence electrons. The summed E-state index contributed by atoms with van der Waals surface area (Å²) in [5, 5.41) is 32.0. The summed E-state index contributed by atoms with van der Waals surface area (Å²) in [6.45, 7) is 0.456. The van der Waals surface area contributed by atoms with Crippen LogP contribution < -0.4 is 5.32 Å². The highest BCUT2D eigenvalue weighted by Crippen LogP contribution is 2.23. The maximum absolute atomic E-state index is 12.4. The number of anilines is 1. The maximum atomic E-state index is 12.4. The molecule has 8 nitrogen and oxygen atoms in total. The molecule has 0 fully saturated rings. The summed E-state index contributed by atoms with van der Waals surface area (Å²) in [6.07, 6.45) is 1.34. The van der Waals surface area contributed by atoms with Crippen LogP contribution in [0.2, 0.25) is 0 Å². The SMILES string of the molecule is N#C/C(=C/N(CCO)Cc1ccccc1)C(=O)Nc1ccccc1[N+](=O)[O-]. The number of para-hydroxylation sites is 2. The third-order valence-corrected chi connectivity index (χ3v) is 3.64. The van der Waals surface area contributed by atoms with Gasteiger partial charge in [0, 0.05) is 25.4 Å². The van der Waals surface area contributed by atoms with Crippen LogP contribution >= 0.6 is 0 Å². The molecule has 0 aliphatic rings. The number of nitro groups is 1. The third-order valence-electron chi connectivity index (χ3n) is 3.64. The van der Waals surface area contributed by atoms with Crippen molar-refractivity contribution < 1.29 is 14.8 Å². The molecule has 2 rings (SSSR count). The minimum absolute atomic E-state index is 0.00502. The van der Waals surface area contributed by atoms with Crippen molar-refractivity contribution >= 4 is 17.3 Å². The van der Waals surface area contributed by atoms with Crippen molar-refractivity contribution in [3.8, 4) is 6.07 Å². The molecule has 2 N–H and O–H groups in total. The second-order valence-electron chi connectivity index (χ2n) is 5.56. The van der Waals surface area contributed by atoms with Gasteiger partial charge in [-0.2, -0.15) is 5.26 Å². The summed E-state index contributed by atoms with van der Waals surface area (Å²) in [5.41, 5.74) is 0.459. The van der Waals surface area contributed by atoms with Crippen molar-refractivity contribution in [3.05, 3.63) is 82.0 Å². The molecule has 0 heterocycles. The van der Waals surface area contributed by atoms with E-state index in [9.17, 15) is 25.3 Å². The lowest BCUT2D eigenvalue weighted by atomic mass is 10.2. The van der Waals surface area contributed by atoms with Gasteiger partial charge in [0.1, 0.15) is 17.3 Å². The highest BCUT2D eigenvalue weighted by Gasteiger charge is 2.18. The summed E-state index contributed by atoms with van der Waals surface area (Å²) in [5.74, 6) is -0.761. The smallest absolute Gasteiger partial charge is 0.292 e. The molecular formula is C19H18N4O4. The number of amides is 1. The molecule has 0 atom stereocenters. The van der Waals surface area contributed by atoms with E-state index in [1.54, 1.807) is 17.0 Å². The van der Waals surface area contributed by atoms with Gasteiger partial charge in [0.05, 0.1) is 11.5 Å². The average Bonchev–Trinajstić information content (AvgIpc) is 2.67. The molecule has 1 amide bonds. The topological polar surface area (TPSA) is 120 Å². The van der Waals surface area contributed by atoms with Crippen LogP contribution in [0.1, 0.15) is 5.56 Å². The lowest BCUT2D eigenvalue weighted by Gasteiger charge is -2.20. The van der Waals surface area contributed by atoms with Crippen molar-refractivity contribution in [1.82, 2.24) is 4.90 Å². The Kier molecular flexibility index (Phi) is 7.05. The molecule has 0 aromatic heterocycles. The molecule has 0 saturated carbocycles. The summed E-state index contributed by atoms with van der Waals surface area (Å²) in [6, 6.07) is 16.9. The first kappa shape index (κ1) is 19.6. The van der Waals surface area contributed by atoms with E-state index in [1.165, 1.54) is 24.4 Å². The molecule has 8 heteroatoms. The van der Waals surface area contributed by atoms with Crippen LogP contribution in [-0.4, -0.2) is 34.0 Å². The monoisotopic (exact) mass is 366 g/mol. The second kappa shape index (κ2) is 9.70. The predicted octanol–water partition coefficient (Wildman–Crippen LogP) is 2.44. The Hall–Kier alpha value is -3.70. The fourth-order valence-corrected chi connectivity index (χ4v) is 2.38. The van der Waals surface area contributed by atoms with E-state index in [2.05, 4.69) is 5.32 Å². The predicted molar refractivity (Wildman–Crippen MR) is 99.4 cm³/mol. The van der Waals surface area contributed by atoms with E-state index in [1.807, 2.05) is 30.3 Å². The first-order valence-electron chi connectivity index (χ1n) is 8.10. The molecule has 0 aliphatic heterocycles. The summed E-state index contributed by atoms with van der Waals surface area (Å²) in [7, 11) is 0. The van der Waals surface area contributed by atoms with E-state index in [0.717, 1.165) is 5.56 Å². The van der Waals surface area contributed by atoms with Crippen LogP contribution in [0.25, 0.3) is 0 Å². The van der Waals surface area contributed by atoms with Gasteiger partial charge in [0.25, 0.3) is 11.6 Å². The molecule has 2 aromatic carbocycles. The van der Waals surface area contributed by atoms with E-state index in [0.29, 0.717) is 6.54 Å². The fourth-order valence-electron chi connectivity index (χ4n) is 2.38. The number of nitrogens with zero attached hydrogens (tertiary/aromatic N) is 3. The van der Waals surface area contributed by atoms with Gasteiger partial charge in [-0.1, -0.05) is 42.5 Å². The number of nitrogens with one attached hydrogen (secondary N) is 1. The zero-order valence-electron chi connectivity index (χ0n) is 14.4. The van der Waals surface area contributed by atoms with E-state index >= 15 is 0 Å². The standard InChI is InChI=1S/C19H18N4O4/c20-12-16(14-22(10-11-24)13-15-6-2-1-3-7-15)19(25)21-17-8-4-5-9-18(17)23(26)27/h1-9,14,24H,10-11,13H2,(H,21,25)/b16-14-. The Labute approximate surface area is 156 Å². The number of benzene rings is 2. The average molecular weight is 366 g/mol. The summed E-state index contributed by atoms with van der Waals surface area (Å²) < 4.78 is 0. The van der Waals surface area contributed by atoms with Crippen LogP contribution in [0, 0.1) is 21.4 Å². The fraction of sp³-hybridized carbons (Fsp3) is 0.158. The molecule has 27 heavy (non-hydrogen) atoms. The van der Waals surface area contributed by atoms with Crippen molar-refractivity contribution in [2.45, 2.75) is 6.54 Å². The number of hydrogen-bond donors (Lipinski definition) is 2. The van der Waals surface area contributed by atoms with E-state index in [-0.39, 0.29) is 30.1 Å².